The number of carbonyl (C=O) groups excluding carboxylic acids is 2. The predicted octanol–water partition coefficient (Wildman–Crippen LogP) is 3.41. The molecule has 0 bridgehead atoms. The van der Waals surface area contributed by atoms with Crippen LogP contribution in [-0.4, -0.2) is 34.1 Å². The van der Waals surface area contributed by atoms with Gasteiger partial charge in [-0.3, -0.25) is 9.59 Å². The van der Waals surface area contributed by atoms with Gasteiger partial charge in [0.25, 0.3) is 0 Å². The van der Waals surface area contributed by atoms with Gasteiger partial charge in [0.15, 0.2) is 0 Å². The number of anilines is 1. The Morgan fingerprint density at radius 2 is 1.76 bits per heavy atom. The second kappa shape index (κ2) is 6.41. The van der Waals surface area contributed by atoms with Crippen LogP contribution < -0.4 is 4.90 Å². The van der Waals surface area contributed by atoms with E-state index in [1.807, 2.05) is 0 Å². The van der Waals surface area contributed by atoms with E-state index in [1.165, 1.54) is 11.8 Å². The Balaban J connectivity index is 2.46. The number of amides is 1. The van der Waals surface area contributed by atoms with Gasteiger partial charge in [0.2, 0.25) is 11.5 Å². The number of nitrogens with zero attached hydrogens (tertiary/aromatic N) is 1. The van der Waals surface area contributed by atoms with Gasteiger partial charge in [-0.05, 0) is 53.7 Å². The van der Waals surface area contributed by atoms with Crippen molar-refractivity contribution in [3.63, 3.8) is 0 Å². The van der Waals surface area contributed by atoms with E-state index in [4.69, 9.17) is 23.2 Å². The first-order chi connectivity index (χ1) is 11.3. The highest BCUT2D eigenvalue weighted by Gasteiger charge is 2.68. The molecule has 1 heterocycles. The number of fused-ring (bicyclic) bond motifs is 1. The molecule has 0 radical (unpaired) electrons. The van der Waals surface area contributed by atoms with Crippen LogP contribution in [0.3, 0.4) is 0 Å². The molecule has 0 saturated heterocycles. The second-order valence-electron chi connectivity index (χ2n) is 5.72. The zero-order valence-corrected chi connectivity index (χ0v) is 14.3. The minimum Gasteiger partial charge on any atom is -0.372 e. The van der Waals surface area contributed by atoms with Crippen LogP contribution in [0.1, 0.15) is 24.5 Å². The number of rotatable bonds is 5. The molecule has 0 unspecified atom stereocenters. The highest BCUT2D eigenvalue weighted by molar-refractivity contribution is 6.26. The van der Waals surface area contributed by atoms with Crippen molar-refractivity contribution in [3.05, 3.63) is 29.3 Å². The maximum Gasteiger partial charge on any atom is 0.361 e. The number of hydrogen-bond acceptors (Lipinski definition) is 3. The van der Waals surface area contributed by atoms with Crippen LogP contribution in [0, 0.1) is 0 Å². The summed E-state index contributed by atoms with van der Waals surface area (Å²) in [7, 11) is 0. The number of hydrogen-bond donors (Lipinski definition) is 1. The summed E-state index contributed by atoms with van der Waals surface area (Å²) in [4.78, 5) is 24.3. The molecule has 1 N–H and O–H groups in total. The molecular weight excluding hydrogens is 389 g/mol. The summed E-state index contributed by atoms with van der Waals surface area (Å²) in [5, 5.41) is 0.382. The molecule has 0 aliphatic carbocycles. The van der Waals surface area contributed by atoms with Crippen LogP contribution in [0.15, 0.2) is 18.2 Å². The van der Waals surface area contributed by atoms with Gasteiger partial charge in [0.1, 0.15) is 5.78 Å². The van der Waals surface area contributed by atoms with Crippen LogP contribution in [0.4, 0.5) is 23.2 Å². The Labute approximate surface area is 150 Å². The molecule has 0 saturated carbocycles. The molecule has 138 valence electrons. The normalized spacial score (nSPS) is 15.3. The number of halogens is 6. The monoisotopic (exact) mass is 401 g/mol. The predicted molar refractivity (Wildman–Crippen MR) is 83.3 cm³/mol. The van der Waals surface area contributed by atoms with Gasteiger partial charge in [-0.15, -0.1) is 0 Å². The number of benzene rings is 1. The molecular formula is C15H13Cl2F4NO3. The number of aliphatic hydroxyl groups is 1. The average Bonchev–Trinajstić information content (AvgIpc) is 2.86. The minimum atomic E-state index is -4.75. The van der Waals surface area contributed by atoms with Crippen LogP contribution in [0.25, 0.3) is 0 Å². The smallest absolute Gasteiger partial charge is 0.361 e. The summed E-state index contributed by atoms with van der Waals surface area (Å²) in [6, 6.07) is 2.83. The molecule has 0 atom stereocenters. The van der Waals surface area contributed by atoms with E-state index < -0.39 is 27.8 Å². The third-order valence-corrected chi connectivity index (χ3v) is 4.46. The van der Waals surface area contributed by atoms with Crippen molar-refractivity contribution in [3.8, 4) is 0 Å². The van der Waals surface area contributed by atoms with Crippen LogP contribution in [0.2, 0.25) is 0 Å². The molecule has 0 aromatic heterocycles. The topological polar surface area (TPSA) is 57.6 Å². The molecule has 4 nitrogen and oxygen atoms in total. The van der Waals surface area contributed by atoms with E-state index in [1.54, 1.807) is 0 Å². The quantitative estimate of drug-likeness (QED) is 0.467. The Bertz CT molecular complexity index is 702. The third-order valence-electron chi connectivity index (χ3n) is 3.91. The minimum absolute atomic E-state index is 0.151. The van der Waals surface area contributed by atoms with Gasteiger partial charge < -0.3 is 10.0 Å². The van der Waals surface area contributed by atoms with E-state index in [0.717, 1.165) is 18.2 Å². The highest BCUT2D eigenvalue weighted by atomic mass is 35.5. The zero-order valence-electron chi connectivity index (χ0n) is 12.8. The van der Waals surface area contributed by atoms with Gasteiger partial charge >= 0.3 is 10.8 Å². The van der Waals surface area contributed by atoms with Gasteiger partial charge in [-0.25, -0.2) is 0 Å². The molecule has 1 aliphatic heterocycles. The van der Waals surface area contributed by atoms with Crippen molar-refractivity contribution in [2.45, 2.75) is 36.1 Å². The SMILES string of the molecule is CC(=O)CC(=O)N1CCc2cc(C(O)(C(F)(F)Cl)C(F)(F)Cl)ccc21. The molecule has 25 heavy (non-hydrogen) atoms. The van der Waals surface area contributed by atoms with Crippen LogP contribution in [-0.2, 0) is 21.6 Å². The van der Waals surface area contributed by atoms with E-state index in [0.29, 0.717) is 0 Å². The standard InChI is InChI=1S/C15H13Cl2F4NO3/c1-8(23)6-12(24)22-5-4-9-7-10(2-3-11(9)22)13(25,14(16,18)19)15(17,20)21/h2-3,7,25H,4-6H2,1H3. The Morgan fingerprint density at radius 1 is 1.20 bits per heavy atom. The van der Waals surface area contributed by atoms with Crippen molar-refractivity contribution in [1.82, 2.24) is 0 Å². The highest BCUT2D eigenvalue weighted by Crippen LogP contribution is 2.53. The molecule has 10 heteroatoms. The number of ketones is 1. The first kappa shape index (κ1) is 19.9. The lowest BCUT2D eigenvalue weighted by atomic mass is 9.92. The fourth-order valence-corrected chi connectivity index (χ4v) is 3.19. The van der Waals surface area contributed by atoms with Crippen molar-refractivity contribution in [2.75, 3.05) is 11.4 Å². The van der Waals surface area contributed by atoms with Gasteiger partial charge in [0, 0.05) is 12.2 Å². The number of carbonyl (C=O) groups is 2. The summed E-state index contributed by atoms with van der Waals surface area (Å²) < 4.78 is 54.0. The lowest BCUT2D eigenvalue weighted by Gasteiger charge is -2.35. The molecule has 0 spiro atoms. The molecule has 0 fully saturated rings. The van der Waals surface area contributed by atoms with Gasteiger partial charge in [0.05, 0.1) is 6.42 Å². The Kier molecular flexibility index (Phi) is 5.11. The van der Waals surface area contributed by atoms with Crippen molar-refractivity contribution >= 4 is 40.6 Å². The van der Waals surface area contributed by atoms with E-state index in [2.05, 4.69) is 0 Å². The fourth-order valence-electron chi connectivity index (χ4n) is 2.68. The number of Topliss-reactive ketones (excluding diaryl/α,β-unsaturated/α-hetero) is 1. The summed E-state index contributed by atoms with van der Waals surface area (Å²) >= 11 is 9.39. The maximum absolute atomic E-state index is 13.5. The summed E-state index contributed by atoms with van der Waals surface area (Å²) in [5.74, 6) is -0.854. The first-order valence-electron chi connectivity index (χ1n) is 7.08. The summed E-state index contributed by atoms with van der Waals surface area (Å²) in [6.45, 7) is 1.39. The molecule has 1 aromatic carbocycles. The molecule has 1 amide bonds. The fraction of sp³-hybridized carbons (Fsp3) is 0.467. The van der Waals surface area contributed by atoms with E-state index >= 15 is 0 Å². The lowest BCUT2D eigenvalue weighted by molar-refractivity contribution is -0.224. The third kappa shape index (κ3) is 3.47. The molecule has 1 aromatic rings. The molecule has 1 aliphatic rings. The van der Waals surface area contributed by atoms with Crippen LogP contribution in [0.5, 0.6) is 0 Å². The van der Waals surface area contributed by atoms with Crippen molar-refractivity contribution in [1.29, 1.82) is 0 Å². The number of alkyl halides is 6. The van der Waals surface area contributed by atoms with Crippen molar-refractivity contribution < 1.29 is 32.3 Å². The van der Waals surface area contributed by atoms with Crippen LogP contribution >= 0.6 is 23.2 Å². The zero-order chi connectivity index (χ0) is 19.2. The molecule has 2 rings (SSSR count). The maximum atomic E-state index is 13.5. The Hall–Kier alpha value is -1.38. The van der Waals surface area contributed by atoms with Crippen molar-refractivity contribution in [2.24, 2.45) is 0 Å². The average molecular weight is 402 g/mol. The summed E-state index contributed by atoms with van der Waals surface area (Å²) in [5.41, 5.74) is -4.47. The largest absolute Gasteiger partial charge is 0.372 e. The lowest BCUT2D eigenvalue weighted by Crippen LogP contribution is -2.52. The second-order valence-corrected chi connectivity index (χ2v) is 6.67. The van der Waals surface area contributed by atoms with E-state index in [9.17, 15) is 32.3 Å². The van der Waals surface area contributed by atoms with Gasteiger partial charge in [-0.1, -0.05) is 12.1 Å². The van der Waals surface area contributed by atoms with E-state index in [-0.39, 0.29) is 36.4 Å². The van der Waals surface area contributed by atoms with Gasteiger partial charge in [-0.2, -0.15) is 17.6 Å². The summed E-state index contributed by atoms with van der Waals surface area (Å²) in [6.07, 6.45) is -0.171. The first-order valence-corrected chi connectivity index (χ1v) is 7.83. The Morgan fingerprint density at radius 3 is 2.24 bits per heavy atom.